The lowest BCUT2D eigenvalue weighted by molar-refractivity contribution is -0.129. The van der Waals surface area contributed by atoms with Crippen molar-refractivity contribution < 1.29 is 23.8 Å². The zero-order chi connectivity index (χ0) is 22.4. The molecule has 1 heterocycles. The summed E-state index contributed by atoms with van der Waals surface area (Å²) in [5, 5.41) is 8.19. The number of amides is 2. The van der Waals surface area contributed by atoms with Crippen LogP contribution >= 0.6 is 11.8 Å². The topological polar surface area (TPSA) is 89.5 Å². The van der Waals surface area contributed by atoms with E-state index in [9.17, 15) is 9.59 Å². The third kappa shape index (κ3) is 5.91. The number of carbonyl (C=O) groups is 2. The summed E-state index contributed by atoms with van der Waals surface area (Å²) in [6.45, 7) is 5.47. The number of nitrogens with zero attached hydrogens (tertiary/aromatic N) is 2. The van der Waals surface area contributed by atoms with E-state index in [1.165, 1.54) is 30.6 Å². The third-order valence-corrected chi connectivity index (χ3v) is 5.43. The fraction of sp³-hybridized carbons (Fsp3) is 0.318. The second kappa shape index (κ2) is 10.2. The van der Waals surface area contributed by atoms with Crippen molar-refractivity contribution in [3.63, 3.8) is 0 Å². The highest BCUT2D eigenvalue weighted by Crippen LogP contribution is 2.42. The molecule has 2 aromatic rings. The number of hydrogen-bond donors (Lipinski definition) is 1. The summed E-state index contributed by atoms with van der Waals surface area (Å²) in [5.41, 5.74) is 1.82. The van der Waals surface area contributed by atoms with Crippen LogP contribution in [-0.4, -0.2) is 42.3 Å². The number of aryl methyl sites for hydroxylation is 1. The van der Waals surface area contributed by atoms with Crippen molar-refractivity contribution in [2.24, 2.45) is 5.10 Å². The average molecular weight is 444 g/mol. The maximum absolute atomic E-state index is 12.1. The molecule has 0 radical (unpaired) electrons. The van der Waals surface area contributed by atoms with Crippen molar-refractivity contribution in [2.45, 2.75) is 26.1 Å². The summed E-state index contributed by atoms with van der Waals surface area (Å²) < 4.78 is 16.8. The summed E-state index contributed by atoms with van der Waals surface area (Å²) in [5.74, 6) is 1.64. The third-order valence-electron chi connectivity index (χ3n) is 4.35. The lowest BCUT2D eigenvalue weighted by Gasteiger charge is -2.22. The van der Waals surface area contributed by atoms with Gasteiger partial charge in [-0.05, 0) is 43.3 Å². The van der Waals surface area contributed by atoms with E-state index < -0.39 is 5.37 Å². The van der Waals surface area contributed by atoms with E-state index in [4.69, 9.17) is 14.2 Å². The molecule has 0 aromatic heterocycles. The highest BCUT2D eigenvalue weighted by Gasteiger charge is 2.34. The highest BCUT2D eigenvalue weighted by molar-refractivity contribution is 8.14. The molecule has 8 nitrogen and oxygen atoms in total. The second-order valence-electron chi connectivity index (χ2n) is 6.83. The monoisotopic (exact) mass is 443 g/mol. The van der Waals surface area contributed by atoms with Gasteiger partial charge in [-0.25, -0.2) is 5.01 Å². The first-order valence-corrected chi connectivity index (χ1v) is 10.6. The molecule has 0 bridgehead atoms. The molecule has 0 fully saturated rings. The molecule has 1 atom stereocenters. The van der Waals surface area contributed by atoms with Gasteiger partial charge in [0.15, 0.2) is 5.17 Å². The summed E-state index contributed by atoms with van der Waals surface area (Å²) >= 11 is 1.29. The van der Waals surface area contributed by atoms with Crippen molar-refractivity contribution in [3.8, 4) is 17.2 Å². The molecule has 0 saturated carbocycles. The molecule has 2 aromatic carbocycles. The van der Waals surface area contributed by atoms with Crippen LogP contribution in [0.2, 0.25) is 0 Å². The first-order chi connectivity index (χ1) is 14.9. The predicted octanol–water partition coefficient (Wildman–Crippen LogP) is 3.46. The molecule has 31 heavy (non-hydrogen) atoms. The molecule has 0 saturated heterocycles. The summed E-state index contributed by atoms with van der Waals surface area (Å²) in [6, 6.07) is 13.1. The Bertz CT molecular complexity index is 978. The number of benzene rings is 2. The zero-order valence-electron chi connectivity index (χ0n) is 17.9. The Morgan fingerprint density at radius 2 is 1.74 bits per heavy atom. The van der Waals surface area contributed by atoms with Gasteiger partial charge < -0.3 is 19.5 Å². The Labute approximate surface area is 185 Å². The number of hydrazone groups is 1. The molecule has 3 rings (SSSR count). The summed E-state index contributed by atoms with van der Waals surface area (Å²) in [7, 11) is 1.61. The quantitative estimate of drug-likeness (QED) is 0.659. The van der Waals surface area contributed by atoms with Gasteiger partial charge in [-0.2, -0.15) is 0 Å². The smallest absolute Gasteiger partial charge is 0.241 e. The molecule has 0 spiro atoms. The molecule has 0 unspecified atom stereocenters. The number of methoxy groups -OCH3 is 1. The Kier molecular flexibility index (Phi) is 7.41. The Hall–Kier alpha value is -3.20. The number of thioether (sulfide) groups is 1. The van der Waals surface area contributed by atoms with Crippen LogP contribution in [0.15, 0.2) is 47.6 Å². The van der Waals surface area contributed by atoms with Crippen LogP contribution < -0.4 is 19.5 Å². The molecule has 1 aliphatic rings. The number of hydrogen-bond acceptors (Lipinski definition) is 7. The minimum Gasteiger partial charge on any atom is -0.497 e. The second-order valence-corrected chi connectivity index (χ2v) is 7.90. The van der Waals surface area contributed by atoms with E-state index in [0.717, 1.165) is 22.6 Å². The number of carbonyl (C=O) groups excluding carboxylic acids is 2. The zero-order valence-corrected chi connectivity index (χ0v) is 18.7. The van der Waals surface area contributed by atoms with Crippen LogP contribution in [0, 0.1) is 6.92 Å². The van der Waals surface area contributed by atoms with E-state index in [2.05, 4.69) is 10.4 Å². The van der Waals surface area contributed by atoms with Gasteiger partial charge >= 0.3 is 0 Å². The number of amidine groups is 1. The Balaban J connectivity index is 1.68. The van der Waals surface area contributed by atoms with Gasteiger partial charge in [0.05, 0.1) is 7.11 Å². The molecular formula is C22H25N3O5S. The van der Waals surface area contributed by atoms with Crippen molar-refractivity contribution in [3.05, 3.63) is 53.6 Å². The van der Waals surface area contributed by atoms with Gasteiger partial charge in [0, 0.05) is 19.4 Å². The standard InChI is InChI=1S/C22H25N3O5S/c1-14-5-10-20(30-12-11-29-18-8-6-17(28-4)7-9-18)19(13-14)21-25(16(3)27)24-22(31-21)23-15(2)26/h5-10,13,21H,11-12H2,1-4H3,(H,23,24,26)/t21-/m0/s1. The maximum Gasteiger partial charge on any atom is 0.241 e. The minimum absolute atomic E-state index is 0.229. The van der Waals surface area contributed by atoms with Gasteiger partial charge in [-0.1, -0.05) is 23.4 Å². The fourth-order valence-electron chi connectivity index (χ4n) is 2.94. The van der Waals surface area contributed by atoms with Crippen molar-refractivity contribution in [1.82, 2.24) is 10.3 Å². The fourth-order valence-corrected chi connectivity index (χ4v) is 4.10. The first kappa shape index (κ1) is 22.5. The Morgan fingerprint density at radius 3 is 2.39 bits per heavy atom. The van der Waals surface area contributed by atoms with Crippen LogP contribution in [0.3, 0.4) is 0 Å². The van der Waals surface area contributed by atoms with Gasteiger partial charge in [0.25, 0.3) is 0 Å². The molecule has 2 amide bonds. The molecule has 1 aliphatic heterocycles. The van der Waals surface area contributed by atoms with E-state index >= 15 is 0 Å². The van der Waals surface area contributed by atoms with E-state index in [1.807, 2.05) is 49.4 Å². The van der Waals surface area contributed by atoms with E-state index in [0.29, 0.717) is 24.1 Å². The van der Waals surface area contributed by atoms with Crippen molar-refractivity contribution in [2.75, 3.05) is 20.3 Å². The molecule has 0 aliphatic carbocycles. The van der Waals surface area contributed by atoms with Crippen LogP contribution in [-0.2, 0) is 9.59 Å². The molecule has 9 heteroatoms. The van der Waals surface area contributed by atoms with Crippen LogP contribution in [0.5, 0.6) is 17.2 Å². The molecular weight excluding hydrogens is 418 g/mol. The van der Waals surface area contributed by atoms with Crippen LogP contribution in [0.4, 0.5) is 0 Å². The Morgan fingerprint density at radius 1 is 1.06 bits per heavy atom. The first-order valence-electron chi connectivity index (χ1n) is 9.70. The van der Waals surface area contributed by atoms with Gasteiger partial charge in [0.2, 0.25) is 11.8 Å². The van der Waals surface area contributed by atoms with Gasteiger partial charge in [-0.3, -0.25) is 9.59 Å². The van der Waals surface area contributed by atoms with Crippen molar-refractivity contribution >= 4 is 28.7 Å². The van der Waals surface area contributed by atoms with Crippen LogP contribution in [0.25, 0.3) is 0 Å². The lowest BCUT2D eigenvalue weighted by atomic mass is 10.1. The molecule has 164 valence electrons. The molecule has 1 N–H and O–H groups in total. The number of ether oxygens (including phenoxy) is 3. The summed E-state index contributed by atoms with van der Waals surface area (Å²) in [6.07, 6.45) is 0. The SMILES string of the molecule is COc1ccc(OCCOc2ccc(C)cc2[C@@H]2SC(NC(C)=O)=NN2C(C)=O)cc1. The van der Waals surface area contributed by atoms with Crippen molar-refractivity contribution in [1.29, 1.82) is 0 Å². The largest absolute Gasteiger partial charge is 0.497 e. The minimum atomic E-state index is -0.434. The van der Waals surface area contributed by atoms with E-state index in [-0.39, 0.29) is 11.8 Å². The number of nitrogens with one attached hydrogen (secondary N) is 1. The highest BCUT2D eigenvalue weighted by atomic mass is 32.2. The van der Waals surface area contributed by atoms with E-state index in [1.54, 1.807) is 7.11 Å². The maximum atomic E-state index is 12.1. The van der Waals surface area contributed by atoms with Gasteiger partial charge in [-0.15, -0.1) is 5.10 Å². The lowest BCUT2D eigenvalue weighted by Crippen LogP contribution is -2.25. The number of rotatable bonds is 7. The van der Waals surface area contributed by atoms with Crippen LogP contribution in [0.1, 0.15) is 30.3 Å². The normalized spacial score (nSPS) is 15.3. The van der Waals surface area contributed by atoms with Gasteiger partial charge in [0.1, 0.15) is 35.8 Å². The average Bonchev–Trinajstić information content (AvgIpc) is 3.15. The summed E-state index contributed by atoms with van der Waals surface area (Å²) in [4.78, 5) is 23.6. The predicted molar refractivity (Wildman–Crippen MR) is 119 cm³/mol.